The van der Waals surface area contributed by atoms with E-state index in [0.29, 0.717) is 35.6 Å². The Hall–Kier alpha value is -3.02. The topological polar surface area (TPSA) is 50.7 Å². The summed E-state index contributed by atoms with van der Waals surface area (Å²) in [6, 6.07) is 10.5. The summed E-state index contributed by atoms with van der Waals surface area (Å²) in [6.45, 7) is 0. The van der Waals surface area contributed by atoms with Crippen molar-refractivity contribution in [1.82, 2.24) is 5.32 Å². The summed E-state index contributed by atoms with van der Waals surface area (Å²) in [5.41, 5.74) is 1.14. The largest absolute Gasteiger partial charge is 0.496 e. The van der Waals surface area contributed by atoms with Crippen molar-refractivity contribution in [2.75, 3.05) is 7.11 Å². The van der Waals surface area contributed by atoms with E-state index in [0.717, 1.165) is 0 Å². The molecule has 6 heteroatoms. The van der Waals surface area contributed by atoms with E-state index in [1.54, 1.807) is 18.2 Å². The van der Waals surface area contributed by atoms with Gasteiger partial charge in [0, 0.05) is 12.0 Å². The van der Waals surface area contributed by atoms with Crippen LogP contribution >= 0.6 is 0 Å². The molecule has 0 atom stereocenters. The lowest BCUT2D eigenvalue weighted by Gasteiger charge is -2.04. The van der Waals surface area contributed by atoms with Crippen LogP contribution in [0.25, 0.3) is 6.08 Å². The first-order chi connectivity index (χ1) is 12.1. The van der Waals surface area contributed by atoms with Crippen molar-refractivity contribution in [3.8, 4) is 5.75 Å². The van der Waals surface area contributed by atoms with Crippen LogP contribution in [0.4, 0.5) is 8.78 Å². The molecule has 0 fully saturated rings. The summed E-state index contributed by atoms with van der Waals surface area (Å²) in [4.78, 5) is 16.3. The molecule has 0 saturated heterocycles. The molecule has 1 aliphatic heterocycles. The molecular formula is C19H16F2N2O2. The molecule has 0 spiro atoms. The van der Waals surface area contributed by atoms with Gasteiger partial charge in [-0.3, -0.25) is 4.79 Å². The number of carbonyl (C=O) groups is 1. The normalized spacial score (nSPS) is 15.2. The van der Waals surface area contributed by atoms with Gasteiger partial charge in [0.15, 0.2) is 0 Å². The minimum absolute atomic E-state index is 0.160. The number of hydrogen-bond acceptors (Lipinski definition) is 3. The first kappa shape index (κ1) is 16.8. The lowest BCUT2D eigenvalue weighted by atomic mass is 10.1. The third-order valence-corrected chi connectivity index (χ3v) is 3.82. The summed E-state index contributed by atoms with van der Waals surface area (Å²) in [6.07, 6.45) is 2.28. The van der Waals surface area contributed by atoms with Crippen molar-refractivity contribution < 1.29 is 18.3 Å². The van der Waals surface area contributed by atoms with Crippen LogP contribution < -0.4 is 10.1 Å². The van der Waals surface area contributed by atoms with Gasteiger partial charge in [-0.1, -0.05) is 18.2 Å². The molecule has 2 aromatic rings. The van der Waals surface area contributed by atoms with Gasteiger partial charge in [0.25, 0.3) is 5.91 Å². The Bertz CT molecular complexity index is 875. The second-order valence-corrected chi connectivity index (χ2v) is 5.52. The number of ether oxygens (including phenoxy) is 1. The molecule has 1 aliphatic rings. The number of benzene rings is 2. The van der Waals surface area contributed by atoms with E-state index >= 15 is 0 Å². The van der Waals surface area contributed by atoms with Crippen molar-refractivity contribution in [2.24, 2.45) is 4.99 Å². The number of nitrogens with one attached hydrogen (secondary N) is 1. The minimum Gasteiger partial charge on any atom is -0.496 e. The van der Waals surface area contributed by atoms with E-state index in [1.165, 1.54) is 37.5 Å². The maximum atomic E-state index is 13.6. The fraction of sp³-hybridized carbons (Fsp3) is 0.158. The standard InChI is InChI=1S/C19H16F2N2O2/c1-25-17-8-7-14(20)10-13(17)11-16-19(24)23-18(22-16)9-6-12-4-2-3-5-15(12)21/h2-5,7-8,10-11H,6,9H2,1H3,(H,22,23,24)/b16-11+. The summed E-state index contributed by atoms with van der Waals surface area (Å²) in [5, 5.41) is 2.65. The Morgan fingerprint density at radius 3 is 2.72 bits per heavy atom. The first-order valence-electron chi connectivity index (χ1n) is 7.74. The van der Waals surface area contributed by atoms with Gasteiger partial charge in [0.05, 0.1) is 7.11 Å². The van der Waals surface area contributed by atoms with Crippen molar-refractivity contribution in [3.63, 3.8) is 0 Å². The van der Waals surface area contributed by atoms with E-state index in [1.807, 2.05) is 0 Å². The van der Waals surface area contributed by atoms with Crippen LogP contribution in [0, 0.1) is 11.6 Å². The van der Waals surface area contributed by atoms with Gasteiger partial charge in [-0.15, -0.1) is 0 Å². The van der Waals surface area contributed by atoms with Crippen LogP contribution in [0.5, 0.6) is 5.75 Å². The maximum absolute atomic E-state index is 13.6. The number of aryl methyl sites for hydroxylation is 1. The lowest BCUT2D eigenvalue weighted by Crippen LogP contribution is -2.24. The SMILES string of the molecule is COc1ccc(F)cc1/C=C1/N=C(CCc2ccccc2F)NC1=O. The molecular weight excluding hydrogens is 326 g/mol. The van der Waals surface area contributed by atoms with Crippen LogP contribution in [0.15, 0.2) is 53.2 Å². The third kappa shape index (κ3) is 3.91. The van der Waals surface area contributed by atoms with E-state index < -0.39 is 5.82 Å². The fourth-order valence-corrected chi connectivity index (χ4v) is 2.55. The molecule has 0 radical (unpaired) electrons. The second kappa shape index (κ2) is 7.25. The van der Waals surface area contributed by atoms with E-state index in [2.05, 4.69) is 10.3 Å². The Balaban J connectivity index is 1.78. The molecule has 4 nitrogen and oxygen atoms in total. The zero-order valence-corrected chi connectivity index (χ0v) is 13.6. The molecule has 0 aromatic heterocycles. The molecule has 128 valence electrons. The number of amides is 1. The number of nitrogens with zero attached hydrogens (tertiary/aromatic N) is 1. The summed E-state index contributed by atoms with van der Waals surface area (Å²) < 4.78 is 32.2. The fourth-order valence-electron chi connectivity index (χ4n) is 2.55. The highest BCUT2D eigenvalue weighted by molar-refractivity contribution is 6.14. The Morgan fingerprint density at radius 2 is 1.96 bits per heavy atom. The van der Waals surface area contributed by atoms with Gasteiger partial charge >= 0.3 is 0 Å². The van der Waals surface area contributed by atoms with Crippen molar-refractivity contribution in [2.45, 2.75) is 12.8 Å². The molecule has 1 N–H and O–H groups in total. The van der Waals surface area contributed by atoms with Gasteiger partial charge in [-0.2, -0.15) is 0 Å². The zero-order valence-electron chi connectivity index (χ0n) is 13.6. The van der Waals surface area contributed by atoms with Gasteiger partial charge in [-0.05, 0) is 42.3 Å². The summed E-state index contributed by atoms with van der Waals surface area (Å²) in [5.74, 6) is -0.205. The van der Waals surface area contributed by atoms with Crippen LogP contribution in [0.1, 0.15) is 17.5 Å². The predicted molar refractivity (Wildman–Crippen MR) is 91.2 cm³/mol. The number of rotatable bonds is 5. The van der Waals surface area contributed by atoms with Gasteiger partial charge in [0.1, 0.15) is 28.9 Å². The molecule has 1 amide bonds. The van der Waals surface area contributed by atoms with E-state index in [-0.39, 0.29) is 17.4 Å². The molecule has 0 unspecified atom stereocenters. The molecule has 2 aromatic carbocycles. The summed E-state index contributed by atoms with van der Waals surface area (Å²) >= 11 is 0. The molecule has 1 heterocycles. The van der Waals surface area contributed by atoms with Crippen LogP contribution in [-0.4, -0.2) is 18.9 Å². The van der Waals surface area contributed by atoms with Crippen molar-refractivity contribution in [1.29, 1.82) is 0 Å². The van der Waals surface area contributed by atoms with Crippen LogP contribution in [0.3, 0.4) is 0 Å². The van der Waals surface area contributed by atoms with E-state index in [9.17, 15) is 13.6 Å². The minimum atomic E-state index is -0.435. The monoisotopic (exact) mass is 342 g/mol. The molecule has 0 aliphatic carbocycles. The average Bonchev–Trinajstić information content (AvgIpc) is 2.94. The molecule has 0 bridgehead atoms. The van der Waals surface area contributed by atoms with Gasteiger partial charge < -0.3 is 10.1 Å². The summed E-state index contributed by atoms with van der Waals surface area (Å²) in [7, 11) is 1.47. The highest BCUT2D eigenvalue weighted by Gasteiger charge is 2.20. The molecule has 3 rings (SSSR count). The van der Waals surface area contributed by atoms with Crippen LogP contribution in [0.2, 0.25) is 0 Å². The number of amidine groups is 1. The zero-order chi connectivity index (χ0) is 17.8. The second-order valence-electron chi connectivity index (χ2n) is 5.52. The highest BCUT2D eigenvalue weighted by Crippen LogP contribution is 2.23. The number of carbonyl (C=O) groups excluding carboxylic acids is 1. The molecule has 0 saturated carbocycles. The van der Waals surface area contributed by atoms with Gasteiger partial charge in [-0.25, -0.2) is 13.8 Å². The number of hydrogen-bond donors (Lipinski definition) is 1. The Morgan fingerprint density at radius 1 is 1.16 bits per heavy atom. The van der Waals surface area contributed by atoms with Crippen molar-refractivity contribution in [3.05, 3.63) is 70.9 Å². The predicted octanol–water partition coefficient (Wildman–Crippen LogP) is 3.48. The van der Waals surface area contributed by atoms with Crippen LogP contribution in [-0.2, 0) is 11.2 Å². The van der Waals surface area contributed by atoms with Crippen molar-refractivity contribution >= 4 is 17.8 Å². The highest BCUT2D eigenvalue weighted by atomic mass is 19.1. The Labute approximate surface area is 143 Å². The van der Waals surface area contributed by atoms with Gasteiger partial charge in [0.2, 0.25) is 0 Å². The maximum Gasteiger partial charge on any atom is 0.275 e. The average molecular weight is 342 g/mol. The van der Waals surface area contributed by atoms with E-state index in [4.69, 9.17) is 4.74 Å². The Kier molecular flexibility index (Phi) is 4.88. The number of methoxy groups -OCH3 is 1. The third-order valence-electron chi connectivity index (χ3n) is 3.82. The quantitative estimate of drug-likeness (QED) is 0.846. The number of halogens is 2. The first-order valence-corrected chi connectivity index (χ1v) is 7.74. The lowest BCUT2D eigenvalue weighted by molar-refractivity contribution is -0.115. The molecule has 25 heavy (non-hydrogen) atoms. The number of aliphatic imine (C=N–C) groups is 1. The smallest absolute Gasteiger partial charge is 0.275 e.